The van der Waals surface area contributed by atoms with Gasteiger partial charge in [0.05, 0.1) is 6.61 Å². The highest BCUT2D eigenvalue weighted by Crippen LogP contribution is 1.91. The van der Waals surface area contributed by atoms with Gasteiger partial charge in [-0.25, -0.2) is 0 Å². The first-order valence-electron chi connectivity index (χ1n) is 5.76. The minimum absolute atomic E-state index is 0.000232. The van der Waals surface area contributed by atoms with Crippen molar-refractivity contribution < 1.29 is 9.84 Å². The summed E-state index contributed by atoms with van der Waals surface area (Å²) in [6, 6.07) is 5.23. The van der Waals surface area contributed by atoms with Crippen molar-refractivity contribution in [3.05, 3.63) is 34.7 Å². The van der Waals surface area contributed by atoms with Crippen molar-refractivity contribution in [2.24, 2.45) is 0 Å². The third kappa shape index (κ3) is 5.12. The minimum Gasteiger partial charge on any atom is -0.396 e. The molecule has 0 spiro atoms. The molecule has 1 unspecified atom stereocenters. The Kier molecular flexibility index (Phi) is 6.54. The fraction of sp³-hybridized carbons (Fsp3) is 0.583. The molecule has 0 bridgehead atoms. The van der Waals surface area contributed by atoms with Crippen molar-refractivity contribution in [1.82, 2.24) is 9.88 Å². The number of hydrogen-bond donors (Lipinski definition) is 2. The molecule has 0 fully saturated rings. The summed E-state index contributed by atoms with van der Waals surface area (Å²) in [5.41, 5.74) is -0.000232. The summed E-state index contributed by atoms with van der Waals surface area (Å²) in [6.45, 7) is 1.99. The number of aliphatic hydroxyl groups is 1. The third-order valence-corrected chi connectivity index (χ3v) is 2.53. The normalized spacial score (nSPS) is 12.6. The van der Waals surface area contributed by atoms with Gasteiger partial charge in [-0.2, -0.15) is 0 Å². The van der Waals surface area contributed by atoms with Crippen molar-refractivity contribution in [3.8, 4) is 0 Å². The predicted molar refractivity (Wildman–Crippen MR) is 66.1 cm³/mol. The van der Waals surface area contributed by atoms with Crippen LogP contribution in [0.3, 0.4) is 0 Å². The van der Waals surface area contributed by atoms with Gasteiger partial charge in [-0.3, -0.25) is 4.79 Å². The molecule has 5 heteroatoms. The van der Waals surface area contributed by atoms with Crippen molar-refractivity contribution in [2.45, 2.75) is 19.0 Å². The van der Waals surface area contributed by atoms with Gasteiger partial charge in [0.15, 0.2) is 0 Å². The average Bonchev–Trinajstić information content (AvgIpc) is 2.32. The summed E-state index contributed by atoms with van der Waals surface area (Å²) >= 11 is 0. The Hall–Kier alpha value is -1.17. The predicted octanol–water partition coefficient (Wildman–Crippen LogP) is -0.165. The number of pyridine rings is 1. The van der Waals surface area contributed by atoms with E-state index in [1.807, 2.05) is 6.07 Å². The van der Waals surface area contributed by atoms with Crippen LogP contribution in [0.1, 0.15) is 6.42 Å². The molecule has 1 aromatic heterocycles. The van der Waals surface area contributed by atoms with Gasteiger partial charge in [-0.1, -0.05) is 6.07 Å². The number of aliphatic hydroxyl groups excluding tert-OH is 1. The Bertz CT molecular complexity index is 359. The zero-order chi connectivity index (χ0) is 12.5. The Morgan fingerprint density at radius 2 is 2.35 bits per heavy atom. The van der Waals surface area contributed by atoms with Crippen LogP contribution in [0.4, 0.5) is 0 Å². The second-order valence-corrected chi connectivity index (χ2v) is 3.85. The molecule has 96 valence electrons. The molecule has 0 saturated carbocycles. The van der Waals surface area contributed by atoms with Crippen LogP contribution in [0.2, 0.25) is 0 Å². The Balaban J connectivity index is 2.35. The van der Waals surface area contributed by atoms with E-state index in [4.69, 9.17) is 9.84 Å². The lowest BCUT2D eigenvalue weighted by atomic mass is 10.2. The van der Waals surface area contributed by atoms with E-state index in [2.05, 4.69) is 5.32 Å². The lowest BCUT2D eigenvalue weighted by Crippen LogP contribution is -2.37. The molecule has 1 atom stereocenters. The molecule has 1 aromatic rings. The number of hydrogen-bond acceptors (Lipinski definition) is 4. The molecule has 0 aliphatic rings. The summed E-state index contributed by atoms with van der Waals surface area (Å²) in [6.07, 6.45) is 2.42. The smallest absolute Gasteiger partial charge is 0.250 e. The molecule has 0 aliphatic carbocycles. The van der Waals surface area contributed by atoms with E-state index < -0.39 is 0 Å². The van der Waals surface area contributed by atoms with Crippen LogP contribution in [-0.4, -0.2) is 42.6 Å². The lowest BCUT2D eigenvalue weighted by Gasteiger charge is -2.17. The van der Waals surface area contributed by atoms with Crippen LogP contribution in [0.25, 0.3) is 0 Å². The molecule has 0 amide bonds. The maximum absolute atomic E-state index is 11.4. The molecule has 2 N–H and O–H groups in total. The molecule has 0 aromatic carbocycles. The van der Waals surface area contributed by atoms with E-state index >= 15 is 0 Å². The van der Waals surface area contributed by atoms with Crippen LogP contribution >= 0.6 is 0 Å². The Morgan fingerprint density at radius 1 is 1.53 bits per heavy atom. The number of nitrogens with zero attached hydrogens (tertiary/aromatic N) is 1. The molecule has 17 heavy (non-hydrogen) atoms. The molecular weight excluding hydrogens is 220 g/mol. The Morgan fingerprint density at radius 3 is 3.00 bits per heavy atom. The SMILES string of the molecule is COCC(CCO)NCCn1ccccc1=O. The highest BCUT2D eigenvalue weighted by Gasteiger charge is 2.06. The highest BCUT2D eigenvalue weighted by atomic mass is 16.5. The summed E-state index contributed by atoms with van der Waals surface area (Å²) in [5.74, 6) is 0. The van der Waals surface area contributed by atoms with Crippen LogP contribution in [-0.2, 0) is 11.3 Å². The fourth-order valence-electron chi connectivity index (χ4n) is 1.64. The molecule has 0 saturated heterocycles. The monoisotopic (exact) mass is 240 g/mol. The van der Waals surface area contributed by atoms with E-state index in [9.17, 15) is 4.79 Å². The Labute approximate surface area is 101 Å². The summed E-state index contributed by atoms with van der Waals surface area (Å²) in [5, 5.41) is 12.1. The topological polar surface area (TPSA) is 63.5 Å². The van der Waals surface area contributed by atoms with E-state index in [1.165, 1.54) is 0 Å². The summed E-state index contributed by atoms with van der Waals surface area (Å²) in [7, 11) is 1.63. The van der Waals surface area contributed by atoms with Crippen LogP contribution < -0.4 is 10.9 Å². The zero-order valence-corrected chi connectivity index (χ0v) is 10.1. The molecule has 5 nitrogen and oxygen atoms in total. The summed E-state index contributed by atoms with van der Waals surface area (Å²) in [4.78, 5) is 11.4. The van der Waals surface area contributed by atoms with Gasteiger partial charge in [0.25, 0.3) is 5.56 Å². The summed E-state index contributed by atoms with van der Waals surface area (Å²) < 4.78 is 6.69. The number of methoxy groups -OCH3 is 1. The fourth-order valence-corrected chi connectivity index (χ4v) is 1.64. The molecule has 1 rings (SSSR count). The zero-order valence-electron chi connectivity index (χ0n) is 10.1. The first-order chi connectivity index (χ1) is 8.27. The average molecular weight is 240 g/mol. The van der Waals surface area contributed by atoms with Crippen molar-refractivity contribution in [2.75, 3.05) is 26.9 Å². The van der Waals surface area contributed by atoms with Gasteiger partial charge in [0.1, 0.15) is 0 Å². The van der Waals surface area contributed by atoms with E-state index in [-0.39, 0.29) is 18.2 Å². The molecule has 0 aliphatic heterocycles. The minimum atomic E-state index is -0.000232. The van der Waals surface area contributed by atoms with Crippen molar-refractivity contribution in [1.29, 1.82) is 0 Å². The maximum Gasteiger partial charge on any atom is 0.250 e. The maximum atomic E-state index is 11.4. The van der Waals surface area contributed by atoms with Crippen LogP contribution in [0, 0.1) is 0 Å². The number of nitrogens with one attached hydrogen (secondary N) is 1. The lowest BCUT2D eigenvalue weighted by molar-refractivity contribution is 0.148. The van der Waals surface area contributed by atoms with E-state index in [1.54, 1.807) is 30.0 Å². The number of aromatic nitrogens is 1. The van der Waals surface area contributed by atoms with Gasteiger partial charge in [0, 0.05) is 45.1 Å². The van der Waals surface area contributed by atoms with Gasteiger partial charge < -0.3 is 19.7 Å². The van der Waals surface area contributed by atoms with Crippen molar-refractivity contribution in [3.63, 3.8) is 0 Å². The first kappa shape index (κ1) is 13.9. The van der Waals surface area contributed by atoms with E-state index in [0.717, 1.165) is 0 Å². The van der Waals surface area contributed by atoms with Gasteiger partial charge in [0.2, 0.25) is 0 Å². The quantitative estimate of drug-likeness (QED) is 0.662. The largest absolute Gasteiger partial charge is 0.396 e. The molecular formula is C12H20N2O3. The molecule has 0 radical (unpaired) electrons. The van der Waals surface area contributed by atoms with Gasteiger partial charge >= 0.3 is 0 Å². The standard InChI is InChI=1S/C12H20N2O3/c1-17-10-11(5-9-15)13-6-8-14-7-3-2-4-12(14)16/h2-4,7,11,13,15H,5-6,8-10H2,1H3. The first-order valence-corrected chi connectivity index (χ1v) is 5.76. The van der Waals surface area contributed by atoms with Gasteiger partial charge in [-0.05, 0) is 12.5 Å². The number of rotatable bonds is 8. The van der Waals surface area contributed by atoms with E-state index in [0.29, 0.717) is 26.1 Å². The van der Waals surface area contributed by atoms with Gasteiger partial charge in [-0.15, -0.1) is 0 Å². The van der Waals surface area contributed by atoms with Crippen LogP contribution in [0.15, 0.2) is 29.2 Å². The highest BCUT2D eigenvalue weighted by molar-refractivity contribution is 4.93. The second kappa shape index (κ2) is 8.00. The molecule has 1 heterocycles. The van der Waals surface area contributed by atoms with Crippen LogP contribution in [0.5, 0.6) is 0 Å². The second-order valence-electron chi connectivity index (χ2n) is 3.85. The van der Waals surface area contributed by atoms with Crippen molar-refractivity contribution >= 4 is 0 Å². The number of ether oxygens (including phenoxy) is 1. The third-order valence-electron chi connectivity index (χ3n) is 2.53.